The second-order valence-corrected chi connectivity index (χ2v) is 7.48. The van der Waals surface area contributed by atoms with Crippen molar-refractivity contribution < 1.29 is 14.7 Å². The van der Waals surface area contributed by atoms with Crippen LogP contribution in [0, 0.1) is 10.3 Å². The van der Waals surface area contributed by atoms with Crippen LogP contribution < -0.4 is 16.0 Å². The van der Waals surface area contributed by atoms with E-state index < -0.39 is 17.3 Å². The molecule has 0 spiro atoms. The Morgan fingerprint density at radius 1 is 1.28 bits per heavy atom. The number of nitrogens with zero attached hydrogens (tertiary/aromatic N) is 3. The van der Waals surface area contributed by atoms with Crippen molar-refractivity contribution in [1.29, 1.82) is 0 Å². The van der Waals surface area contributed by atoms with Gasteiger partial charge in [-0.05, 0) is 59.6 Å². The van der Waals surface area contributed by atoms with Gasteiger partial charge in [0.25, 0.3) is 0 Å². The van der Waals surface area contributed by atoms with Gasteiger partial charge in [-0.3, -0.25) is 9.59 Å². The third kappa shape index (κ3) is 6.21. The van der Waals surface area contributed by atoms with Crippen molar-refractivity contribution in [3.05, 3.63) is 39.8 Å². The summed E-state index contributed by atoms with van der Waals surface area (Å²) in [5, 5.41) is 20.6. The summed E-state index contributed by atoms with van der Waals surface area (Å²) in [5.74, 6) is -0.834. The third-order valence-corrected chi connectivity index (χ3v) is 4.57. The highest BCUT2D eigenvalue weighted by Crippen LogP contribution is 2.23. The van der Waals surface area contributed by atoms with Gasteiger partial charge in [0.2, 0.25) is 11.9 Å². The lowest BCUT2D eigenvalue weighted by molar-refractivity contribution is -0.153. The van der Waals surface area contributed by atoms with Crippen LogP contribution in [-0.4, -0.2) is 40.0 Å². The molecule has 11 heteroatoms. The molecule has 0 atom stereocenters. The molecule has 0 saturated carbocycles. The topological polar surface area (TPSA) is 146 Å². The number of aliphatic carboxylic acids is 1. The molecule has 29 heavy (non-hydrogen) atoms. The Morgan fingerprint density at radius 2 is 2.03 bits per heavy atom. The monoisotopic (exact) mass is 464 g/mol. The minimum Gasteiger partial charge on any atom is -0.480 e. The van der Waals surface area contributed by atoms with E-state index in [4.69, 9.17) is 5.11 Å². The average molecular weight is 465 g/mol. The lowest BCUT2D eigenvalue weighted by Gasteiger charge is -2.18. The molecule has 1 aromatic carbocycles. The van der Waals surface area contributed by atoms with Gasteiger partial charge < -0.3 is 21.1 Å². The maximum absolute atomic E-state index is 11.9. The molecule has 0 unspecified atom stereocenters. The van der Waals surface area contributed by atoms with E-state index >= 15 is 0 Å². The van der Waals surface area contributed by atoms with Crippen LogP contribution in [0.3, 0.4) is 0 Å². The molecule has 4 N–H and O–H groups in total. The molecule has 0 saturated heterocycles. The molecular formula is C18H21BrN6O4. The van der Waals surface area contributed by atoms with Crippen LogP contribution >= 0.6 is 15.9 Å². The average Bonchev–Trinajstić information content (AvgIpc) is 2.69. The van der Waals surface area contributed by atoms with Crippen molar-refractivity contribution in [2.75, 3.05) is 23.7 Å². The summed E-state index contributed by atoms with van der Waals surface area (Å²) in [5.41, 5.74) is -0.557. The number of hydrogen-bond donors (Lipinski definition) is 4. The predicted molar refractivity (Wildman–Crippen MR) is 112 cm³/mol. The van der Waals surface area contributed by atoms with E-state index in [0.29, 0.717) is 47.1 Å². The first kappa shape index (κ1) is 22.2. The molecule has 1 aromatic heterocycles. The number of carboxylic acids is 1. The highest BCUT2D eigenvalue weighted by molar-refractivity contribution is 9.10. The van der Waals surface area contributed by atoms with Gasteiger partial charge in [-0.2, -0.15) is 4.98 Å². The van der Waals surface area contributed by atoms with Gasteiger partial charge in [0.05, 0.1) is 4.47 Å². The van der Waals surface area contributed by atoms with E-state index in [1.54, 1.807) is 30.5 Å². The fraction of sp³-hybridized carbons (Fsp3) is 0.333. The van der Waals surface area contributed by atoms with Crippen LogP contribution in [0.1, 0.15) is 20.3 Å². The van der Waals surface area contributed by atoms with E-state index in [1.807, 2.05) is 0 Å². The first-order valence-corrected chi connectivity index (χ1v) is 9.52. The number of hydrogen-bond acceptors (Lipinski definition) is 8. The number of aromatic nitrogens is 2. The first-order valence-electron chi connectivity index (χ1n) is 8.72. The van der Waals surface area contributed by atoms with Crippen molar-refractivity contribution in [3.8, 4) is 0 Å². The SMILES string of the molecule is CC(C)(C(=O)O)C(=O)NCCCNc1nc(Nc2cccc(N=O)c2)ncc1Br. The van der Waals surface area contributed by atoms with Crippen molar-refractivity contribution >= 4 is 50.9 Å². The normalized spacial score (nSPS) is 10.9. The molecule has 2 rings (SSSR count). The fourth-order valence-corrected chi connectivity index (χ4v) is 2.47. The Kier molecular flexibility index (Phi) is 7.59. The summed E-state index contributed by atoms with van der Waals surface area (Å²) < 4.78 is 0.655. The molecule has 2 aromatic rings. The number of amides is 1. The van der Waals surface area contributed by atoms with Gasteiger partial charge >= 0.3 is 5.97 Å². The lowest BCUT2D eigenvalue weighted by Crippen LogP contribution is -2.42. The van der Waals surface area contributed by atoms with Crippen LogP contribution in [0.2, 0.25) is 0 Å². The summed E-state index contributed by atoms with van der Waals surface area (Å²) in [4.78, 5) is 42.1. The van der Waals surface area contributed by atoms with E-state index in [2.05, 4.69) is 47.0 Å². The number of anilines is 3. The number of benzene rings is 1. The van der Waals surface area contributed by atoms with E-state index in [1.165, 1.54) is 13.8 Å². The molecule has 0 aliphatic heterocycles. The maximum Gasteiger partial charge on any atom is 0.318 e. The molecule has 10 nitrogen and oxygen atoms in total. The molecule has 0 bridgehead atoms. The highest BCUT2D eigenvalue weighted by atomic mass is 79.9. The Bertz CT molecular complexity index is 906. The summed E-state index contributed by atoms with van der Waals surface area (Å²) in [6, 6.07) is 6.61. The number of nitrogens with one attached hydrogen (secondary N) is 3. The Balaban J connectivity index is 1.88. The van der Waals surface area contributed by atoms with Crippen LogP contribution in [0.25, 0.3) is 0 Å². The van der Waals surface area contributed by atoms with Crippen molar-refractivity contribution in [2.45, 2.75) is 20.3 Å². The molecule has 0 aliphatic rings. The van der Waals surface area contributed by atoms with Crippen LogP contribution in [0.5, 0.6) is 0 Å². The minimum absolute atomic E-state index is 0.290. The van der Waals surface area contributed by atoms with E-state index in [-0.39, 0.29) is 0 Å². The molecular weight excluding hydrogens is 444 g/mol. The summed E-state index contributed by atoms with van der Waals surface area (Å²) in [6.07, 6.45) is 2.14. The minimum atomic E-state index is -1.47. The van der Waals surface area contributed by atoms with Gasteiger partial charge in [0.1, 0.15) is 16.9 Å². The van der Waals surface area contributed by atoms with Crippen LogP contribution in [0.15, 0.2) is 40.1 Å². The zero-order chi connectivity index (χ0) is 21.4. The molecule has 0 radical (unpaired) electrons. The molecule has 1 amide bonds. The summed E-state index contributed by atoms with van der Waals surface area (Å²) >= 11 is 3.37. The second-order valence-electron chi connectivity index (χ2n) is 6.62. The van der Waals surface area contributed by atoms with Crippen molar-refractivity contribution in [1.82, 2.24) is 15.3 Å². The quantitative estimate of drug-likeness (QED) is 0.237. The fourth-order valence-electron chi connectivity index (χ4n) is 2.14. The maximum atomic E-state index is 11.9. The molecule has 0 aliphatic carbocycles. The van der Waals surface area contributed by atoms with E-state index in [0.717, 1.165) is 0 Å². The highest BCUT2D eigenvalue weighted by Gasteiger charge is 2.35. The number of carbonyl (C=O) groups excluding carboxylic acids is 1. The Hall–Kier alpha value is -3.08. The number of rotatable bonds is 10. The largest absolute Gasteiger partial charge is 0.480 e. The van der Waals surface area contributed by atoms with Crippen molar-refractivity contribution in [3.63, 3.8) is 0 Å². The van der Waals surface area contributed by atoms with Crippen LogP contribution in [0.4, 0.5) is 23.1 Å². The molecule has 154 valence electrons. The smallest absolute Gasteiger partial charge is 0.318 e. The first-order chi connectivity index (χ1) is 13.7. The van der Waals surface area contributed by atoms with Gasteiger partial charge in [-0.25, -0.2) is 4.98 Å². The summed E-state index contributed by atoms with van der Waals surface area (Å²) in [6.45, 7) is 3.53. The van der Waals surface area contributed by atoms with Crippen molar-refractivity contribution in [2.24, 2.45) is 10.6 Å². The zero-order valence-electron chi connectivity index (χ0n) is 15.9. The van der Waals surface area contributed by atoms with Gasteiger partial charge in [-0.1, -0.05) is 6.07 Å². The van der Waals surface area contributed by atoms with Gasteiger partial charge in [0, 0.05) is 25.0 Å². The van der Waals surface area contributed by atoms with Gasteiger partial charge in [-0.15, -0.1) is 4.91 Å². The Labute approximate surface area is 175 Å². The van der Waals surface area contributed by atoms with E-state index in [9.17, 15) is 14.5 Å². The number of carbonyl (C=O) groups is 2. The lowest BCUT2D eigenvalue weighted by atomic mass is 9.93. The summed E-state index contributed by atoms with van der Waals surface area (Å²) in [7, 11) is 0. The number of nitroso groups, excluding NO2 is 1. The Morgan fingerprint density at radius 3 is 2.72 bits per heavy atom. The third-order valence-electron chi connectivity index (χ3n) is 3.99. The standard InChI is InChI=1S/C18H21BrN6O4/c1-18(2,16(27)28)15(26)21-8-4-7-20-14-13(19)10-22-17(24-14)23-11-5-3-6-12(9-11)25-29/h3,5-6,9-10H,4,7-8H2,1-2H3,(H,21,26)(H,27,28)(H2,20,22,23,24). The molecule has 1 heterocycles. The van der Waals surface area contributed by atoms with Crippen LogP contribution in [-0.2, 0) is 9.59 Å². The number of carboxylic acid groups (broad SMARTS) is 1. The molecule has 0 fully saturated rings. The predicted octanol–water partition coefficient (Wildman–Crippen LogP) is 3.41. The zero-order valence-corrected chi connectivity index (χ0v) is 17.5. The van der Waals surface area contributed by atoms with Gasteiger partial charge in [0.15, 0.2) is 0 Å². The number of halogens is 1. The second kappa shape index (κ2) is 9.92.